The van der Waals surface area contributed by atoms with Crippen LogP contribution in [0.15, 0.2) is 32.9 Å². The smallest absolute Gasteiger partial charge is 0.234 e. The van der Waals surface area contributed by atoms with Gasteiger partial charge in [-0.15, -0.1) is 10.2 Å². The van der Waals surface area contributed by atoms with Crippen molar-refractivity contribution in [3.8, 4) is 0 Å². The summed E-state index contributed by atoms with van der Waals surface area (Å²) < 4.78 is 1.82. The van der Waals surface area contributed by atoms with Crippen molar-refractivity contribution >= 4 is 46.5 Å². The van der Waals surface area contributed by atoms with Crippen molar-refractivity contribution in [2.45, 2.75) is 48.2 Å². The minimum Gasteiger partial charge on any atom is -0.325 e. The summed E-state index contributed by atoms with van der Waals surface area (Å²) in [6.45, 7) is 6.53. The maximum Gasteiger partial charge on any atom is 0.234 e. The average Bonchev–Trinajstić information content (AvgIpc) is 3.06. The molecule has 1 N–H and O–H groups in total. The minimum atomic E-state index is -0.0192. The molecule has 0 saturated heterocycles. The molecule has 0 aliphatic rings. The monoisotopic (exact) mass is 381 g/mol. The zero-order valence-electron chi connectivity index (χ0n) is 14.2. The van der Waals surface area contributed by atoms with Crippen LogP contribution < -0.4 is 5.32 Å². The number of thioether (sulfide) groups is 2. The number of hydrogen-bond acceptors (Lipinski definition) is 6. The fourth-order valence-corrected chi connectivity index (χ4v) is 4.70. The van der Waals surface area contributed by atoms with Crippen LogP contribution in [-0.2, 0) is 4.79 Å². The molecule has 0 saturated carbocycles. The van der Waals surface area contributed by atoms with Crippen LogP contribution in [0.2, 0.25) is 0 Å². The molecule has 4 nitrogen and oxygen atoms in total. The van der Waals surface area contributed by atoms with Crippen LogP contribution >= 0.6 is 34.9 Å². The van der Waals surface area contributed by atoms with Gasteiger partial charge in [-0.2, -0.15) is 0 Å². The Balaban J connectivity index is 1.79. The number of amides is 1. The number of benzene rings is 1. The molecule has 7 heteroatoms. The van der Waals surface area contributed by atoms with E-state index in [0.717, 1.165) is 33.0 Å². The Morgan fingerprint density at radius 2 is 1.83 bits per heavy atom. The SMILES string of the molecule is CCCSc1nnc(SCC(=O)Nc2ccc([C@@H](C)CC)cc2)s1. The van der Waals surface area contributed by atoms with Crippen molar-refractivity contribution in [2.24, 2.45) is 0 Å². The predicted octanol–water partition coefficient (Wildman–Crippen LogP) is 5.28. The van der Waals surface area contributed by atoms with Gasteiger partial charge in [-0.25, -0.2) is 0 Å². The number of carbonyl (C=O) groups excluding carboxylic acids is 1. The Labute approximate surface area is 156 Å². The second kappa shape index (κ2) is 10.1. The molecule has 0 spiro atoms. The molecule has 1 aromatic heterocycles. The summed E-state index contributed by atoms with van der Waals surface area (Å²) in [7, 11) is 0. The summed E-state index contributed by atoms with van der Waals surface area (Å²) in [5.41, 5.74) is 2.14. The molecule has 0 bridgehead atoms. The highest BCUT2D eigenvalue weighted by Crippen LogP contribution is 2.29. The summed E-state index contributed by atoms with van der Waals surface area (Å²) in [6, 6.07) is 8.10. The Kier molecular flexibility index (Phi) is 8.08. The number of rotatable bonds is 9. The molecule has 0 aliphatic carbocycles. The van der Waals surface area contributed by atoms with Crippen LogP contribution in [0.1, 0.15) is 45.1 Å². The summed E-state index contributed by atoms with van der Waals surface area (Å²) in [5, 5.41) is 11.2. The topological polar surface area (TPSA) is 54.9 Å². The van der Waals surface area contributed by atoms with Crippen molar-refractivity contribution in [1.82, 2.24) is 10.2 Å². The van der Waals surface area contributed by atoms with Crippen molar-refractivity contribution in [2.75, 3.05) is 16.8 Å². The third-order valence-corrected chi connectivity index (χ3v) is 6.92. The first-order valence-electron chi connectivity index (χ1n) is 8.11. The van der Waals surface area contributed by atoms with Gasteiger partial charge >= 0.3 is 0 Å². The Morgan fingerprint density at radius 3 is 2.46 bits per heavy atom. The highest BCUT2D eigenvalue weighted by Gasteiger charge is 2.09. The van der Waals surface area contributed by atoms with Crippen LogP contribution in [0.25, 0.3) is 0 Å². The van der Waals surface area contributed by atoms with Crippen LogP contribution in [0, 0.1) is 0 Å². The molecule has 1 amide bonds. The molecular weight excluding hydrogens is 358 g/mol. The molecule has 1 aromatic carbocycles. The molecule has 1 heterocycles. The molecule has 0 radical (unpaired) electrons. The number of aromatic nitrogens is 2. The van der Waals surface area contributed by atoms with E-state index in [1.165, 1.54) is 17.3 Å². The van der Waals surface area contributed by atoms with E-state index in [9.17, 15) is 4.79 Å². The van der Waals surface area contributed by atoms with E-state index in [1.807, 2.05) is 12.1 Å². The molecule has 130 valence electrons. The lowest BCUT2D eigenvalue weighted by molar-refractivity contribution is -0.113. The predicted molar refractivity (Wildman–Crippen MR) is 105 cm³/mol. The molecule has 1 atom stereocenters. The molecule has 0 aliphatic heterocycles. The van der Waals surface area contributed by atoms with Gasteiger partial charge in [0, 0.05) is 11.4 Å². The van der Waals surface area contributed by atoms with Gasteiger partial charge in [0.25, 0.3) is 0 Å². The Bertz CT molecular complexity index is 643. The van der Waals surface area contributed by atoms with E-state index in [2.05, 4.69) is 48.4 Å². The molecule has 24 heavy (non-hydrogen) atoms. The molecule has 2 aromatic rings. The van der Waals surface area contributed by atoms with Crippen LogP contribution in [0.4, 0.5) is 5.69 Å². The van der Waals surface area contributed by atoms with Crippen molar-refractivity contribution in [3.63, 3.8) is 0 Å². The quantitative estimate of drug-likeness (QED) is 0.599. The van der Waals surface area contributed by atoms with Gasteiger partial charge in [-0.3, -0.25) is 4.79 Å². The second-order valence-electron chi connectivity index (χ2n) is 5.45. The summed E-state index contributed by atoms with van der Waals surface area (Å²) in [4.78, 5) is 12.1. The van der Waals surface area contributed by atoms with Gasteiger partial charge < -0.3 is 5.32 Å². The first kappa shape index (κ1) is 19.3. The number of anilines is 1. The molecular formula is C17H23N3OS3. The third-order valence-electron chi connectivity index (χ3n) is 3.52. The van der Waals surface area contributed by atoms with Crippen molar-refractivity contribution in [1.29, 1.82) is 0 Å². The van der Waals surface area contributed by atoms with E-state index in [4.69, 9.17) is 0 Å². The van der Waals surface area contributed by atoms with Crippen molar-refractivity contribution in [3.05, 3.63) is 29.8 Å². The van der Waals surface area contributed by atoms with E-state index in [0.29, 0.717) is 11.7 Å². The van der Waals surface area contributed by atoms with Gasteiger partial charge in [0.1, 0.15) is 0 Å². The van der Waals surface area contributed by atoms with E-state index in [1.54, 1.807) is 23.1 Å². The van der Waals surface area contributed by atoms with Crippen LogP contribution in [0.5, 0.6) is 0 Å². The average molecular weight is 382 g/mol. The van der Waals surface area contributed by atoms with E-state index < -0.39 is 0 Å². The fourth-order valence-electron chi connectivity index (χ4n) is 1.96. The maximum absolute atomic E-state index is 12.1. The maximum atomic E-state index is 12.1. The Hall–Kier alpha value is -1.05. The highest BCUT2D eigenvalue weighted by atomic mass is 32.2. The number of carbonyl (C=O) groups is 1. The highest BCUT2D eigenvalue weighted by molar-refractivity contribution is 8.03. The number of nitrogens with zero attached hydrogens (tertiary/aromatic N) is 2. The van der Waals surface area contributed by atoms with E-state index in [-0.39, 0.29) is 5.91 Å². The lowest BCUT2D eigenvalue weighted by Gasteiger charge is -2.10. The third kappa shape index (κ3) is 6.11. The summed E-state index contributed by atoms with van der Waals surface area (Å²) in [5.74, 6) is 1.92. The summed E-state index contributed by atoms with van der Waals surface area (Å²) in [6.07, 6.45) is 2.23. The van der Waals surface area contributed by atoms with E-state index >= 15 is 0 Å². The number of hydrogen-bond donors (Lipinski definition) is 1. The number of nitrogens with one attached hydrogen (secondary N) is 1. The fraction of sp³-hybridized carbons (Fsp3) is 0.471. The summed E-state index contributed by atoms with van der Waals surface area (Å²) >= 11 is 4.70. The molecule has 2 rings (SSSR count). The largest absolute Gasteiger partial charge is 0.325 e. The first-order chi connectivity index (χ1) is 11.6. The minimum absolute atomic E-state index is 0.0192. The lowest BCUT2D eigenvalue weighted by atomic mass is 9.99. The second-order valence-corrected chi connectivity index (χ2v) is 8.99. The van der Waals surface area contributed by atoms with Gasteiger partial charge in [0.2, 0.25) is 5.91 Å². The zero-order valence-corrected chi connectivity index (χ0v) is 16.7. The van der Waals surface area contributed by atoms with Crippen molar-refractivity contribution < 1.29 is 4.79 Å². The van der Waals surface area contributed by atoms with Crippen LogP contribution in [0.3, 0.4) is 0 Å². The van der Waals surface area contributed by atoms with Gasteiger partial charge in [-0.1, -0.05) is 67.8 Å². The normalized spacial score (nSPS) is 12.1. The van der Waals surface area contributed by atoms with Gasteiger partial charge in [0.05, 0.1) is 5.75 Å². The standard InChI is InChI=1S/C17H23N3OS3/c1-4-10-22-16-19-20-17(24-16)23-11-15(21)18-14-8-6-13(7-9-14)12(3)5-2/h6-9,12H,4-5,10-11H2,1-3H3,(H,18,21)/t12-/m0/s1. The van der Waals surface area contributed by atoms with Crippen LogP contribution in [-0.4, -0.2) is 27.6 Å². The van der Waals surface area contributed by atoms with Gasteiger partial charge in [0.15, 0.2) is 8.68 Å². The Morgan fingerprint density at radius 1 is 1.17 bits per heavy atom. The molecule has 0 unspecified atom stereocenters. The molecule has 0 fully saturated rings. The first-order valence-corrected chi connectivity index (χ1v) is 10.9. The lowest BCUT2D eigenvalue weighted by Crippen LogP contribution is -2.13. The zero-order chi connectivity index (χ0) is 17.4. The van der Waals surface area contributed by atoms with Gasteiger partial charge in [-0.05, 0) is 36.5 Å².